The smallest absolute Gasteiger partial charge is 0.337 e. The number of aromatic nitrogens is 2. The molecule has 0 atom stereocenters. The number of hydrogen-bond donors (Lipinski definition) is 2. The number of hydrogen-bond acceptors (Lipinski definition) is 5. The largest absolute Gasteiger partial charge is 0.465 e. The third-order valence-corrected chi connectivity index (χ3v) is 5.72. The first-order valence-electron chi connectivity index (χ1n) is 10.8. The summed E-state index contributed by atoms with van der Waals surface area (Å²) >= 11 is 0. The van der Waals surface area contributed by atoms with Crippen LogP contribution in [-0.2, 0) is 4.74 Å². The van der Waals surface area contributed by atoms with Gasteiger partial charge in [0.15, 0.2) is 11.5 Å². The van der Waals surface area contributed by atoms with Crippen molar-refractivity contribution >= 4 is 29.2 Å². The number of carbonyl (C=O) groups excluding carboxylic acids is 3. The predicted octanol–water partition coefficient (Wildman–Crippen LogP) is 3.74. The van der Waals surface area contributed by atoms with Crippen molar-refractivity contribution < 1.29 is 19.1 Å². The zero-order chi connectivity index (χ0) is 22.7. The van der Waals surface area contributed by atoms with E-state index in [-0.39, 0.29) is 17.8 Å². The van der Waals surface area contributed by atoms with E-state index < -0.39 is 11.9 Å². The highest BCUT2D eigenvalue weighted by Crippen LogP contribution is 2.22. The molecule has 1 aliphatic carbocycles. The molecule has 1 aromatic carbocycles. The molecule has 2 heterocycles. The quantitative estimate of drug-likeness (QED) is 0.596. The number of ether oxygens (including phenoxy) is 1. The number of pyridine rings is 1. The van der Waals surface area contributed by atoms with Gasteiger partial charge in [0.1, 0.15) is 5.65 Å². The minimum Gasteiger partial charge on any atom is -0.465 e. The molecule has 0 radical (unpaired) electrons. The molecule has 2 amide bonds. The Labute approximate surface area is 186 Å². The number of anilines is 1. The van der Waals surface area contributed by atoms with Gasteiger partial charge < -0.3 is 15.4 Å². The lowest BCUT2D eigenvalue weighted by molar-refractivity contribution is 0.0600. The van der Waals surface area contributed by atoms with Crippen molar-refractivity contribution in [2.45, 2.75) is 45.1 Å². The molecule has 3 aromatic rings. The topological polar surface area (TPSA) is 102 Å². The van der Waals surface area contributed by atoms with Crippen LogP contribution < -0.4 is 10.6 Å². The molecule has 1 saturated carbocycles. The van der Waals surface area contributed by atoms with E-state index in [1.807, 2.05) is 25.3 Å². The first-order valence-corrected chi connectivity index (χ1v) is 10.8. The van der Waals surface area contributed by atoms with Crippen LogP contribution in [0.15, 0.2) is 42.6 Å². The van der Waals surface area contributed by atoms with Gasteiger partial charge in [0, 0.05) is 17.8 Å². The molecule has 1 aliphatic rings. The van der Waals surface area contributed by atoms with Crippen LogP contribution in [0.3, 0.4) is 0 Å². The first kappa shape index (κ1) is 21.5. The maximum Gasteiger partial charge on any atom is 0.337 e. The summed E-state index contributed by atoms with van der Waals surface area (Å²) in [6, 6.07) is 9.94. The summed E-state index contributed by atoms with van der Waals surface area (Å²) in [4.78, 5) is 42.2. The molecule has 0 spiro atoms. The van der Waals surface area contributed by atoms with Gasteiger partial charge in [0.25, 0.3) is 11.8 Å². The molecule has 4 rings (SSSR count). The number of imidazole rings is 1. The highest BCUT2D eigenvalue weighted by Gasteiger charge is 2.24. The highest BCUT2D eigenvalue weighted by molar-refractivity contribution is 6.08. The zero-order valence-electron chi connectivity index (χ0n) is 18.2. The van der Waals surface area contributed by atoms with E-state index in [9.17, 15) is 14.4 Å². The minimum absolute atomic E-state index is 0.126. The van der Waals surface area contributed by atoms with E-state index in [1.165, 1.54) is 37.8 Å². The number of amides is 2. The number of benzene rings is 1. The number of methoxy groups -OCH3 is 1. The number of esters is 1. The van der Waals surface area contributed by atoms with E-state index in [0.29, 0.717) is 22.5 Å². The van der Waals surface area contributed by atoms with Crippen molar-refractivity contribution in [2.75, 3.05) is 12.4 Å². The lowest BCUT2D eigenvalue weighted by atomic mass is 9.95. The van der Waals surface area contributed by atoms with Gasteiger partial charge in [0.05, 0.1) is 12.7 Å². The Morgan fingerprint density at radius 2 is 1.66 bits per heavy atom. The zero-order valence-corrected chi connectivity index (χ0v) is 18.2. The SMILES string of the molecule is COC(=O)c1ccc(C(=O)Nc2nc3ccc(C)cn3c2C(=O)NC2CCCCC2)cc1. The minimum atomic E-state index is -0.477. The summed E-state index contributed by atoms with van der Waals surface area (Å²) in [7, 11) is 1.30. The van der Waals surface area contributed by atoms with Gasteiger partial charge in [-0.05, 0) is 55.7 Å². The van der Waals surface area contributed by atoms with Crippen LogP contribution in [-0.4, -0.2) is 40.3 Å². The van der Waals surface area contributed by atoms with Crippen LogP contribution in [0.25, 0.3) is 5.65 Å². The molecular weight excluding hydrogens is 408 g/mol. The van der Waals surface area contributed by atoms with Crippen LogP contribution in [0, 0.1) is 6.92 Å². The van der Waals surface area contributed by atoms with E-state index >= 15 is 0 Å². The Morgan fingerprint density at radius 1 is 0.969 bits per heavy atom. The monoisotopic (exact) mass is 434 g/mol. The molecule has 0 saturated heterocycles. The molecule has 0 aliphatic heterocycles. The van der Waals surface area contributed by atoms with Crippen LogP contribution >= 0.6 is 0 Å². The summed E-state index contributed by atoms with van der Waals surface area (Å²) in [5.74, 6) is -0.958. The Hall–Kier alpha value is -3.68. The standard InChI is InChI=1S/C24H26N4O4/c1-15-8-13-19-26-21(27-22(29)16-9-11-17(12-10-16)24(31)32-2)20(28(19)14-15)23(30)25-18-6-4-3-5-7-18/h8-14,18H,3-7H2,1-2H3,(H,25,30)(H,27,29). The maximum atomic E-state index is 13.2. The van der Waals surface area contributed by atoms with Gasteiger partial charge in [-0.1, -0.05) is 25.3 Å². The molecule has 166 valence electrons. The molecule has 2 aromatic heterocycles. The molecule has 1 fully saturated rings. The summed E-state index contributed by atoms with van der Waals surface area (Å²) < 4.78 is 6.40. The number of carbonyl (C=O) groups is 3. The summed E-state index contributed by atoms with van der Waals surface area (Å²) in [6.45, 7) is 1.93. The Morgan fingerprint density at radius 3 is 2.34 bits per heavy atom. The molecule has 32 heavy (non-hydrogen) atoms. The van der Waals surface area contributed by atoms with Crippen molar-refractivity contribution in [2.24, 2.45) is 0 Å². The Bertz CT molecular complexity index is 1160. The fourth-order valence-electron chi connectivity index (χ4n) is 4.01. The van der Waals surface area contributed by atoms with E-state index in [2.05, 4.69) is 20.4 Å². The van der Waals surface area contributed by atoms with E-state index in [0.717, 1.165) is 31.2 Å². The second-order valence-electron chi connectivity index (χ2n) is 8.08. The number of nitrogens with zero attached hydrogens (tertiary/aromatic N) is 2. The van der Waals surface area contributed by atoms with Crippen molar-refractivity contribution in [3.63, 3.8) is 0 Å². The number of fused-ring (bicyclic) bond motifs is 1. The van der Waals surface area contributed by atoms with Crippen molar-refractivity contribution in [1.82, 2.24) is 14.7 Å². The summed E-state index contributed by atoms with van der Waals surface area (Å²) in [5, 5.41) is 5.88. The van der Waals surface area contributed by atoms with E-state index in [4.69, 9.17) is 0 Å². The summed E-state index contributed by atoms with van der Waals surface area (Å²) in [6.07, 6.45) is 7.13. The number of aryl methyl sites for hydroxylation is 1. The Kier molecular flexibility index (Phi) is 6.20. The first-order chi connectivity index (χ1) is 15.5. The van der Waals surface area contributed by atoms with Crippen LogP contribution in [0.1, 0.15) is 68.9 Å². The van der Waals surface area contributed by atoms with Gasteiger partial charge in [-0.15, -0.1) is 0 Å². The summed E-state index contributed by atoms with van der Waals surface area (Å²) in [5.41, 5.74) is 2.52. The normalized spacial score (nSPS) is 14.2. The van der Waals surface area contributed by atoms with Gasteiger partial charge in [0.2, 0.25) is 0 Å². The van der Waals surface area contributed by atoms with Crippen LogP contribution in [0.4, 0.5) is 5.82 Å². The second kappa shape index (κ2) is 9.21. The van der Waals surface area contributed by atoms with Gasteiger partial charge in [-0.2, -0.15) is 0 Å². The molecule has 0 bridgehead atoms. The third-order valence-electron chi connectivity index (χ3n) is 5.72. The molecular formula is C24H26N4O4. The lowest BCUT2D eigenvalue weighted by Crippen LogP contribution is -2.37. The number of nitrogens with one attached hydrogen (secondary N) is 2. The average Bonchev–Trinajstić information content (AvgIpc) is 3.16. The average molecular weight is 434 g/mol. The molecule has 8 heteroatoms. The van der Waals surface area contributed by atoms with Gasteiger partial charge in [-0.3, -0.25) is 14.0 Å². The second-order valence-corrected chi connectivity index (χ2v) is 8.08. The van der Waals surface area contributed by atoms with Crippen LogP contribution in [0.5, 0.6) is 0 Å². The highest BCUT2D eigenvalue weighted by atomic mass is 16.5. The molecule has 8 nitrogen and oxygen atoms in total. The number of rotatable bonds is 5. The van der Waals surface area contributed by atoms with E-state index in [1.54, 1.807) is 4.40 Å². The van der Waals surface area contributed by atoms with Crippen molar-refractivity contribution in [3.8, 4) is 0 Å². The Balaban J connectivity index is 1.62. The van der Waals surface area contributed by atoms with Gasteiger partial charge >= 0.3 is 5.97 Å². The lowest BCUT2D eigenvalue weighted by Gasteiger charge is -2.22. The third kappa shape index (κ3) is 4.49. The molecule has 0 unspecified atom stereocenters. The van der Waals surface area contributed by atoms with Crippen molar-refractivity contribution in [3.05, 3.63) is 65.0 Å². The fraction of sp³-hybridized carbons (Fsp3) is 0.333. The van der Waals surface area contributed by atoms with Gasteiger partial charge in [-0.25, -0.2) is 9.78 Å². The predicted molar refractivity (Wildman–Crippen MR) is 120 cm³/mol. The van der Waals surface area contributed by atoms with Crippen LogP contribution in [0.2, 0.25) is 0 Å². The van der Waals surface area contributed by atoms with Crippen molar-refractivity contribution in [1.29, 1.82) is 0 Å². The molecule has 2 N–H and O–H groups in total. The maximum absolute atomic E-state index is 13.2. The fourth-order valence-corrected chi connectivity index (χ4v) is 4.01.